The molecule has 3 N–H and O–H groups in total. The first-order valence-corrected chi connectivity index (χ1v) is 18.1. The van der Waals surface area contributed by atoms with E-state index in [0.717, 1.165) is 65.3 Å². The first-order valence-electron chi connectivity index (χ1n) is 16.8. The normalized spacial score (nSPS) is 10.9. The summed E-state index contributed by atoms with van der Waals surface area (Å²) in [5.74, 6) is 0. The van der Waals surface area contributed by atoms with Crippen LogP contribution in [0.5, 0.6) is 0 Å². The van der Waals surface area contributed by atoms with Crippen LogP contribution in [0.3, 0.4) is 0 Å². The molecule has 7 nitrogen and oxygen atoms in total. The summed E-state index contributed by atoms with van der Waals surface area (Å²) in [6, 6.07) is 0. The molecule has 0 saturated heterocycles. The average molecular weight is 612 g/mol. The van der Waals surface area contributed by atoms with Gasteiger partial charge in [0.1, 0.15) is 0 Å². The molecule has 0 radical (unpaired) electrons. The van der Waals surface area contributed by atoms with Crippen molar-refractivity contribution in [3.63, 3.8) is 0 Å². The van der Waals surface area contributed by atoms with E-state index in [2.05, 4.69) is 0 Å². The summed E-state index contributed by atoms with van der Waals surface area (Å²) in [5.41, 5.74) is 0. The van der Waals surface area contributed by atoms with Crippen molar-refractivity contribution in [3.8, 4) is 0 Å². The Bertz CT molecular complexity index is 396. The van der Waals surface area contributed by atoms with Crippen LogP contribution in [0.1, 0.15) is 154 Å². The molecule has 0 rings (SSSR count). The quantitative estimate of drug-likeness (QED) is 0.0506. The number of rotatable bonds is 34. The van der Waals surface area contributed by atoms with Gasteiger partial charge in [0, 0.05) is 52.9 Å². The molecule has 0 aliphatic carbocycles. The Labute approximate surface area is 257 Å². The van der Waals surface area contributed by atoms with E-state index in [1.54, 1.807) is 0 Å². The van der Waals surface area contributed by atoms with Crippen LogP contribution in [0.25, 0.3) is 0 Å². The molecular weight excluding hydrogens is 544 g/mol. The van der Waals surface area contributed by atoms with Gasteiger partial charge in [0.25, 0.3) is 0 Å². The van der Waals surface area contributed by atoms with E-state index < -0.39 is 19.5 Å². The number of aliphatic hydroxyl groups excluding tert-OH is 2. The van der Waals surface area contributed by atoms with E-state index in [1.807, 2.05) is 0 Å². The van der Waals surface area contributed by atoms with Gasteiger partial charge in [-0.2, -0.15) is 0 Å². The molecule has 0 heterocycles. The summed E-state index contributed by atoms with van der Waals surface area (Å²) in [5, 5.41) is 17.5. The van der Waals surface area contributed by atoms with E-state index in [9.17, 15) is 0 Å². The minimum atomic E-state index is -1.75. The van der Waals surface area contributed by atoms with Gasteiger partial charge in [0.2, 0.25) is 0 Å². The van der Waals surface area contributed by atoms with Crippen LogP contribution in [0.4, 0.5) is 0 Å². The Kier molecular flexibility index (Phi) is 46.4. The van der Waals surface area contributed by atoms with Gasteiger partial charge in [-0.3, -0.25) is 0 Å². The monoisotopic (exact) mass is 611 g/mol. The van der Waals surface area contributed by atoms with Gasteiger partial charge in [0.15, 0.2) is 0 Å². The van der Waals surface area contributed by atoms with Crippen LogP contribution < -0.4 is 0 Å². The Morgan fingerprint density at radius 3 is 0.650 bits per heavy atom. The van der Waals surface area contributed by atoms with E-state index in [-0.39, 0.29) is 0 Å². The maximum atomic E-state index is 8.75. The maximum absolute atomic E-state index is 8.75. The Hall–Kier alpha value is 0.274. The Morgan fingerprint density at radius 1 is 0.325 bits per heavy atom. The van der Waals surface area contributed by atoms with E-state index in [1.165, 1.54) is 128 Å². The van der Waals surface area contributed by atoms with Gasteiger partial charge in [-0.25, -0.2) is 0 Å². The van der Waals surface area contributed by atoms with Gasteiger partial charge in [0.05, 0.1) is 0 Å². The van der Waals surface area contributed by atoms with Crippen LogP contribution in [-0.4, -0.2) is 66.8 Å². The molecule has 0 aromatic carbocycles. The third kappa shape index (κ3) is 45.3. The average Bonchev–Trinajstić information content (AvgIpc) is 2.96. The molecule has 0 spiro atoms. The number of unbranched alkanes of at least 4 members (excludes halogenated alkanes) is 20. The number of hydrogen-bond donors (Lipinski definition) is 3. The van der Waals surface area contributed by atoms with Crippen molar-refractivity contribution in [2.75, 3.05) is 52.9 Å². The zero-order chi connectivity index (χ0) is 29.5. The summed E-state index contributed by atoms with van der Waals surface area (Å²) in [7, 11) is 0. The second kappa shape index (κ2) is 43.7. The SMILES string of the molecule is OCCCCCCCCOCCCCCCCCOCCCCCCCCOCCCCCCCCO.[O]=[Ti][OH]. The predicted octanol–water partition coefficient (Wildman–Crippen LogP) is 7.70. The number of ether oxygens (including phenoxy) is 3. The molecule has 0 amide bonds. The van der Waals surface area contributed by atoms with Crippen LogP contribution in [0.15, 0.2) is 0 Å². The molecule has 0 aromatic rings. The van der Waals surface area contributed by atoms with Crippen molar-refractivity contribution in [1.29, 1.82) is 0 Å². The van der Waals surface area contributed by atoms with Crippen LogP contribution >= 0.6 is 0 Å². The molecule has 0 atom stereocenters. The second-order valence-corrected chi connectivity index (χ2v) is 11.1. The fourth-order valence-corrected chi connectivity index (χ4v) is 4.58. The van der Waals surface area contributed by atoms with Gasteiger partial charge >= 0.3 is 26.5 Å². The summed E-state index contributed by atoms with van der Waals surface area (Å²) in [6.07, 6.45) is 29.5. The van der Waals surface area contributed by atoms with Crippen molar-refractivity contribution < 1.29 is 50.9 Å². The third-order valence-corrected chi connectivity index (χ3v) is 7.05. The molecule has 8 heteroatoms. The van der Waals surface area contributed by atoms with Gasteiger partial charge in [-0.1, -0.05) is 103 Å². The number of aliphatic hydroxyl groups is 2. The molecule has 40 heavy (non-hydrogen) atoms. The zero-order valence-corrected chi connectivity index (χ0v) is 27.7. The molecule has 241 valence electrons. The first-order chi connectivity index (χ1) is 19.8. The fraction of sp³-hybridized carbons (Fsp3) is 1.00. The van der Waals surface area contributed by atoms with Crippen molar-refractivity contribution in [1.82, 2.24) is 0 Å². The van der Waals surface area contributed by atoms with Gasteiger partial charge in [-0.05, 0) is 51.4 Å². The van der Waals surface area contributed by atoms with E-state index >= 15 is 0 Å². The Morgan fingerprint density at radius 2 is 0.475 bits per heavy atom. The molecule has 0 aromatic heterocycles. The molecular formula is C32H67O7Ti. The summed E-state index contributed by atoms with van der Waals surface area (Å²) in [4.78, 5) is 0. The van der Waals surface area contributed by atoms with E-state index in [4.69, 9.17) is 31.4 Å². The molecule has 0 bridgehead atoms. The third-order valence-electron chi connectivity index (χ3n) is 7.05. The van der Waals surface area contributed by atoms with Crippen LogP contribution in [-0.2, 0) is 37.0 Å². The standard InChI is InChI=1S/C32H66O5.H2O.O.Ti/c33-25-17-9-1-3-11-19-27-35-29-21-13-5-7-15-23-31-37-32-24-16-8-6-14-22-30-36-28-20-12-4-2-10-18-26-34;;;/h33-34H,1-32H2;1H2;;/q;;;+1/p-1. The predicted molar refractivity (Wildman–Crippen MR) is 160 cm³/mol. The summed E-state index contributed by atoms with van der Waals surface area (Å²) >= 11 is -1.75. The first kappa shape index (κ1) is 42.4. The van der Waals surface area contributed by atoms with Crippen molar-refractivity contribution in [2.45, 2.75) is 154 Å². The molecule has 0 fully saturated rings. The molecule has 0 unspecified atom stereocenters. The van der Waals surface area contributed by atoms with E-state index in [0.29, 0.717) is 13.2 Å². The Balaban J connectivity index is 0. The molecule has 0 aliphatic rings. The molecule has 0 aliphatic heterocycles. The zero-order valence-electron chi connectivity index (χ0n) is 26.1. The number of hydrogen-bond acceptors (Lipinski definition) is 6. The van der Waals surface area contributed by atoms with Gasteiger partial charge in [-0.15, -0.1) is 0 Å². The van der Waals surface area contributed by atoms with Gasteiger partial charge < -0.3 is 24.4 Å². The minimum absolute atomic E-state index is 0.338. The van der Waals surface area contributed by atoms with Crippen LogP contribution in [0.2, 0.25) is 0 Å². The second-order valence-electron chi connectivity index (χ2n) is 10.9. The fourth-order valence-electron chi connectivity index (χ4n) is 4.58. The molecule has 0 saturated carbocycles. The van der Waals surface area contributed by atoms with Crippen LogP contribution in [0, 0.1) is 0 Å². The summed E-state index contributed by atoms with van der Waals surface area (Å²) in [6.45, 7) is 6.23. The van der Waals surface area contributed by atoms with Crippen molar-refractivity contribution in [2.24, 2.45) is 0 Å². The summed E-state index contributed by atoms with van der Waals surface area (Å²) < 4.78 is 33.0. The van der Waals surface area contributed by atoms with Crippen molar-refractivity contribution >= 4 is 0 Å². The topological polar surface area (TPSA) is 105 Å². The van der Waals surface area contributed by atoms with Crippen molar-refractivity contribution in [3.05, 3.63) is 0 Å².